The molecule has 0 radical (unpaired) electrons. The number of carbonyl (C=O) groups is 3. The predicted octanol–water partition coefficient (Wildman–Crippen LogP) is 2.74. The summed E-state index contributed by atoms with van der Waals surface area (Å²) in [5.74, 6) is -2.46. The van der Waals surface area contributed by atoms with Gasteiger partial charge < -0.3 is 19.9 Å². The van der Waals surface area contributed by atoms with E-state index in [1.54, 1.807) is 20.8 Å². The number of hydrogen-bond donors (Lipinski definition) is 2. The Hall–Kier alpha value is -2.57. The molecule has 1 rings (SSSR count). The molecular formula is C18H25NO6. The van der Waals surface area contributed by atoms with Gasteiger partial charge in [-0.05, 0) is 32.8 Å². The Balaban J connectivity index is 2.36. The number of aliphatic carboxylic acids is 1. The molecule has 0 saturated carbocycles. The van der Waals surface area contributed by atoms with Crippen molar-refractivity contribution in [3.8, 4) is 0 Å². The van der Waals surface area contributed by atoms with Crippen molar-refractivity contribution >= 4 is 18.0 Å². The van der Waals surface area contributed by atoms with E-state index in [0.717, 1.165) is 5.56 Å². The Morgan fingerprint density at radius 3 is 2.36 bits per heavy atom. The number of carboxylic acid groups (broad SMARTS) is 1. The first-order valence-corrected chi connectivity index (χ1v) is 8.06. The highest BCUT2D eigenvalue weighted by molar-refractivity contribution is 5.74. The zero-order valence-electron chi connectivity index (χ0n) is 14.8. The zero-order valence-corrected chi connectivity index (χ0v) is 14.8. The van der Waals surface area contributed by atoms with Gasteiger partial charge in [-0.25, -0.2) is 4.79 Å². The average Bonchev–Trinajstić information content (AvgIpc) is 2.51. The van der Waals surface area contributed by atoms with Crippen molar-refractivity contribution in [3.63, 3.8) is 0 Å². The molecule has 1 unspecified atom stereocenters. The minimum atomic E-state index is -1.09. The van der Waals surface area contributed by atoms with Gasteiger partial charge in [0.25, 0.3) is 0 Å². The number of rotatable bonds is 8. The van der Waals surface area contributed by atoms with Crippen LogP contribution in [-0.2, 0) is 25.7 Å². The van der Waals surface area contributed by atoms with Crippen molar-refractivity contribution in [1.29, 1.82) is 0 Å². The molecule has 7 nitrogen and oxygen atoms in total. The van der Waals surface area contributed by atoms with Crippen molar-refractivity contribution < 1.29 is 29.0 Å². The van der Waals surface area contributed by atoms with Crippen LogP contribution >= 0.6 is 0 Å². The molecule has 1 amide bonds. The van der Waals surface area contributed by atoms with Gasteiger partial charge in [-0.15, -0.1) is 0 Å². The summed E-state index contributed by atoms with van der Waals surface area (Å²) < 4.78 is 10.2. The van der Waals surface area contributed by atoms with Crippen LogP contribution in [0.1, 0.15) is 39.2 Å². The summed E-state index contributed by atoms with van der Waals surface area (Å²) in [7, 11) is 0. The maximum absolute atomic E-state index is 11.7. The van der Waals surface area contributed by atoms with Crippen LogP contribution in [0.25, 0.3) is 0 Å². The van der Waals surface area contributed by atoms with Crippen LogP contribution in [0, 0.1) is 5.92 Å². The highest BCUT2D eigenvalue weighted by Crippen LogP contribution is 2.10. The van der Waals surface area contributed by atoms with E-state index in [4.69, 9.17) is 9.47 Å². The summed E-state index contributed by atoms with van der Waals surface area (Å²) in [6.45, 7) is 5.17. The first-order valence-electron chi connectivity index (χ1n) is 8.06. The molecule has 2 N–H and O–H groups in total. The highest BCUT2D eigenvalue weighted by atomic mass is 16.6. The van der Waals surface area contributed by atoms with Gasteiger partial charge in [0.15, 0.2) is 0 Å². The van der Waals surface area contributed by atoms with Crippen LogP contribution in [0.15, 0.2) is 30.3 Å². The molecule has 0 aromatic heterocycles. The third-order valence-electron chi connectivity index (χ3n) is 3.18. The molecule has 1 aromatic carbocycles. The Bertz CT molecular complexity index is 579. The lowest BCUT2D eigenvalue weighted by Crippen LogP contribution is -2.37. The van der Waals surface area contributed by atoms with Crippen LogP contribution in [-0.4, -0.2) is 35.3 Å². The minimum Gasteiger partial charge on any atom is -0.481 e. The van der Waals surface area contributed by atoms with Crippen molar-refractivity contribution in [2.24, 2.45) is 5.92 Å². The number of carbonyl (C=O) groups excluding carboxylic acids is 2. The van der Waals surface area contributed by atoms with Crippen molar-refractivity contribution in [2.45, 2.75) is 45.8 Å². The fourth-order valence-electron chi connectivity index (χ4n) is 1.94. The normalized spacial score (nSPS) is 12.1. The number of benzene rings is 1. The third-order valence-corrected chi connectivity index (χ3v) is 3.18. The maximum Gasteiger partial charge on any atom is 0.407 e. The van der Waals surface area contributed by atoms with Gasteiger partial charge in [-0.3, -0.25) is 9.59 Å². The maximum atomic E-state index is 11.7. The second kappa shape index (κ2) is 9.66. The van der Waals surface area contributed by atoms with E-state index < -0.39 is 29.6 Å². The van der Waals surface area contributed by atoms with E-state index in [2.05, 4.69) is 5.32 Å². The number of amides is 1. The number of ether oxygens (including phenoxy) is 2. The second-order valence-electron chi connectivity index (χ2n) is 6.60. The monoisotopic (exact) mass is 351 g/mol. The molecule has 25 heavy (non-hydrogen) atoms. The van der Waals surface area contributed by atoms with E-state index in [0.29, 0.717) is 0 Å². The summed E-state index contributed by atoms with van der Waals surface area (Å²) in [6.07, 6.45) is -0.663. The predicted molar refractivity (Wildman–Crippen MR) is 90.8 cm³/mol. The van der Waals surface area contributed by atoms with Gasteiger partial charge in [0.2, 0.25) is 0 Å². The van der Waals surface area contributed by atoms with Crippen LogP contribution < -0.4 is 5.32 Å². The number of nitrogens with one attached hydrogen (secondary N) is 1. The Labute approximate surface area is 147 Å². The molecule has 7 heteroatoms. The molecular weight excluding hydrogens is 326 g/mol. The lowest BCUT2D eigenvalue weighted by molar-refractivity contribution is -0.146. The summed E-state index contributed by atoms with van der Waals surface area (Å²) in [6, 6.07) is 9.20. The summed E-state index contributed by atoms with van der Waals surface area (Å²) in [5.41, 5.74) is 0.196. The summed E-state index contributed by atoms with van der Waals surface area (Å²) >= 11 is 0. The van der Waals surface area contributed by atoms with E-state index in [-0.39, 0.29) is 26.0 Å². The van der Waals surface area contributed by atoms with E-state index in [9.17, 15) is 19.5 Å². The van der Waals surface area contributed by atoms with Gasteiger partial charge in [0.05, 0.1) is 5.92 Å². The average molecular weight is 351 g/mol. The molecule has 0 saturated heterocycles. The Morgan fingerprint density at radius 2 is 1.80 bits per heavy atom. The fourth-order valence-corrected chi connectivity index (χ4v) is 1.94. The fraction of sp³-hybridized carbons (Fsp3) is 0.500. The Morgan fingerprint density at radius 1 is 1.16 bits per heavy atom. The molecule has 0 fully saturated rings. The van der Waals surface area contributed by atoms with E-state index >= 15 is 0 Å². The van der Waals surface area contributed by atoms with Crippen LogP contribution in [0.5, 0.6) is 0 Å². The lowest BCUT2D eigenvalue weighted by atomic mass is 10.0. The van der Waals surface area contributed by atoms with Crippen molar-refractivity contribution in [3.05, 3.63) is 35.9 Å². The van der Waals surface area contributed by atoms with Gasteiger partial charge in [0.1, 0.15) is 12.2 Å². The van der Waals surface area contributed by atoms with Crippen molar-refractivity contribution in [1.82, 2.24) is 5.32 Å². The molecule has 1 aromatic rings. The standard InChI is InChI=1S/C18H25NO6/c1-18(2,3)25-17(23)19-11-14(16(21)22)9-10-15(20)24-12-13-7-5-4-6-8-13/h4-8,14H,9-12H2,1-3H3,(H,19,23)(H,21,22). The molecule has 1 atom stereocenters. The first-order chi connectivity index (χ1) is 11.7. The highest BCUT2D eigenvalue weighted by Gasteiger charge is 2.22. The smallest absolute Gasteiger partial charge is 0.407 e. The van der Waals surface area contributed by atoms with Gasteiger partial charge in [-0.1, -0.05) is 30.3 Å². The molecule has 0 aliphatic carbocycles. The molecule has 0 aliphatic heterocycles. The molecule has 0 spiro atoms. The number of alkyl carbamates (subject to hydrolysis) is 1. The third kappa shape index (κ3) is 9.34. The quantitative estimate of drug-likeness (QED) is 0.698. The first kappa shape index (κ1) is 20.5. The largest absolute Gasteiger partial charge is 0.481 e. The molecule has 0 bridgehead atoms. The molecule has 0 aliphatic rings. The zero-order chi connectivity index (χ0) is 18.9. The number of carboxylic acids is 1. The molecule has 138 valence electrons. The van der Waals surface area contributed by atoms with Gasteiger partial charge >= 0.3 is 18.0 Å². The van der Waals surface area contributed by atoms with E-state index in [1.165, 1.54) is 0 Å². The van der Waals surface area contributed by atoms with Crippen LogP contribution in [0.4, 0.5) is 4.79 Å². The Kier molecular flexibility index (Phi) is 7.91. The minimum absolute atomic E-state index is 0.0419. The van der Waals surface area contributed by atoms with E-state index in [1.807, 2.05) is 30.3 Å². The number of esters is 1. The van der Waals surface area contributed by atoms with Gasteiger partial charge in [0, 0.05) is 13.0 Å². The summed E-state index contributed by atoms with van der Waals surface area (Å²) in [4.78, 5) is 34.6. The topological polar surface area (TPSA) is 102 Å². The van der Waals surface area contributed by atoms with Crippen LogP contribution in [0.3, 0.4) is 0 Å². The summed E-state index contributed by atoms with van der Waals surface area (Å²) in [5, 5.41) is 11.6. The van der Waals surface area contributed by atoms with Crippen molar-refractivity contribution in [2.75, 3.05) is 6.54 Å². The van der Waals surface area contributed by atoms with Crippen LogP contribution in [0.2, 0.25) is 0 Å². The molecule has 0 heterocycles. The number of hydrogen-bond acceptors (Lipinski definition) is 5. The van der Waals surface area contributed by atoms with Gasteiger partial charge in [-0.2, -0.15) is 0 Å². The SMILES string of the molecule is CC(C)(C)OC(=O)NCC(CCC(=O)OCc1ccccc1)C(=O)O. The second-order valence-corrected chi connectivity index (χ2v) is 6.60. The lowest BCUT2D eigenvalue weighted by Gasteiger charge is -2.20.